The van der Waals surface area contributed by atoms with E-state index in [4.69, 9.17) is 4.74 Å². The lowest BCUT2D eigenvalue weighted by Gasteiger charge is -2.21. The van der Waals surface area contributed by atoms with Crippen molar-refractivity contribution < 1.29 is 9.53 Å². The first kappa shape index (κ1) is 16.7. The molecule has 20 heavy (non-hydrogen) atoms. The molecule has 1 aromatic carbocycles. The summed E-state index contributed by atoms with van der Waals surface area (Å²) in [5.41, 5.74) is 4.54. The molecular weight excluding hydrogens is 252 g/mol. The van der Waals surface area contributed by atoms with Gasteiger partial charge in [0.15, 0.2) is 0 Å². The van der Waals surface area contributed by atoms with E-state index in [-0.39, 0.29) is 5.97 Å². The SMILES string of the molecule is COC(=O)C(NCCN(C)C)c1cc(C)c(C)cc1C. The number of carbonyl (C=O) groups excluding carboxylic acids is 1. The summed E-state index contributed by atoms with van der Waals surface area (Å²) in [4.78, 5) is 14.1. The van der Waals surface area contributed by atoms with Gasteiger partial charge in [0.1, 0.15) is 6.04 Å². The molecule has 0 amide bonds. The maximum Gasteiger partial charge on any atom is 0.327 e. The first-order chi connectivity index (χ1) is 9.36. The number of aryl methyl sites for hydroxylation is 3. The number of benzene rings is 1. The summed E-state index contributed by atoms with van der Waals surface area (Å²) in [7, 11) is 5.45. The summed E-state index contributed by atoms with van der Waals surface area (Å²) in [6.45, 7) is 7.78. The molecule has 4 nitrogen and oxygen atoms in total. The van der Waals surface area contributed by atoms with Crippen molar-refractivity contribution in [1.29, 1.82) is 0 Å². The predicted molar refractivity (Wildman–Crippen MR) is 82.0 cm³/mol. The van der Waals surface area contributed by atoms with Gasteiger partial charge in [-0.3, -0.25) is 5.32 Å². The molecule has 1 unspecified atom stereocenters. The average molecular weight is 278 g/mol. The normalized spacial score (nSPS) is 12.6. The van der Waals surface area contributed by atoms with Gasteiger partial charge in [-0.15, -0.1) is 0 Å². The Labute approximate surface area is 122 Å². The van der Waals surface area contributed by atoms with Crippen molar-refractivity contribution in [2.24, 2.45) is 0 Å². The highest BCUT2D eigenvalue weighted by atomic mass is 16.5. The number of rotatable bonds is 6. The van der Waals surface area contributed by atoms with Crippen LogP contribution in [-0.2, 0) is 9.53 Å². The fraction of sp³-hybridized carbons (Fsp3) is 0.562. The van der Waals surface area contributed by atoms with E-state index >= 15 is 0 Å². The smallest absolute Gasteiger partial charge is 0.327 e. The van der Waals surface area contributed by atoms with Gasteiger partial charge in [-0.25, -0.2) is 4.79 Å². The number of esters is 1. The van der Waals surface area contributed by atoms with Crippen molar-refractivity contribution in [2.75, 3.05) is 34.3 Å². The second-order valence-corrected chi connectivity index (χ2v) is 5.51. The zero-order valence-electron chi connectivity index (χ0n) is 13.4. The molecule has 0 heterocycles. The quantitative estimate of drug-likeness (QED) is 0.808. The number of hydrogen-bond donors (Lipinski definition) is 1. The van der Waals surface area contributed by atoms with Crippen molar-refractivity contribution in [2.45, 2.75) is 26.8 Å². The first-order valence-electron chi connectivity index (χ1n) is 6.90. The predicted octanol–water partition coefficient (Wildman–Crippen LogP) is 1.98. The van der Waals surface area contributed by atoms with E-state index < -0.39 is 6.04 Å². The molecule has 0 fully saturated rings. The van der Waals surface area contributed by atoms with Crippen molar-refractivity contribution in [1.82, 2.24) is 10.2 Å². The molecule has 1 atom stereocenters. The van der Waals surface area contributed by atoms with E-state index in [0.717, 1.165) is 24.2 Å². The summed E-state index contributed by atoms with van der Waals surface area (Å²) in [6, 6.07) is 3.79. The van der Waals surface area contributed by atoms with E-state index in [1.165, 1.54) is 18.2 Å². The van der Waals surface area contributed by atoms with Crippen LogP contribution in [-0.4, -0.2) is 45.2 Å². The minimum Gasteiger partial charge on any atom is -0.468 e. The van der Waals surface area contributed by atoms with Crippen molar-refractivity contribution in [3.8, 4) is 0 Å². The maximum absolute atomic E-state index is 12.0. The fourth-order valence-corrected chi connectivity index (χ4v) is 2.16. The van der Waals surface area contributed by atoms with E-state index in [1.54, 1.807) is 0 Å². The van der Waals surface area contributed by atoms with Crippen LogP contribution in [0.25, 0.3) is 0 Å². The molecule has 112 valence electrons. The Bertz CT molecular complexity index is 470. The minimum absolute atomic E-state index is 0.241. The Kier molecular flexibility index (Phi) is 6.17. The molecule has 4 heteroatoms. The summed E-state index contributed by atoms with van der Waals surface area (Å²) in [5.74, 6) is -0.241. The molecule has 0 saturated carbocycles. The summed E-state index contributed by atoms with van der Waals surface area (Å²) >= 11 is 0. The van der Waals surface area contributed by atoms with Crippen LogP contribution in [0.3, 0.4) is 0 Å². The topological polar surface area (TPSA) is 41.6 Å². The van der Waals surface area contributed by atoms with Gasteiger partial charge in [-0.05, 0) is 57.1 Å². The lowest BCUT2D eigenvalue weighted by atomic mass is 9.95. The maximum atomic E-state index is 12.0. The van der Waals surface area contributed by atoms with Gasteiger partial charge >= 0.3 is 5.97 Å². The van der Waals surface area contributed by atoms with E-state index in [0.29, 0.717) is 0 Å². The number of methoxy groups -OCH3 is 1. The van der Waals surface area contributed by atoms with Crippen LogP contribution in [0.4, 0.5) is 0 Å². The standard InChI is InChI=1S/C16H26N2O2/c1-11-9-13(3)14(10-12(11)2)15(16(19)20-6)17-7-8-18(4)5/h9-10,15,17H,7-8H2,1-6H3. The van der Waals surface area contributed by atoms with Gasteiger partial charge in [-0.1, -0.05) is 12.1 Å². The lowest BCUT2D eigenvalue weighted by molar-refractivity contribution is -0.143. The minimum atomic E-state index is -0.403. The van der Waals surface area contributed by atoms with Gasteiger partial charge < -0.3 is 9.64 Å². The fourth-order valence-electron chi connectivity index (χ4n) is 2.16. The Balaban J connectivity index is 2.99. The molecule has 1 N–H and O–H groups in total. The zero-order chi connectivity index (χ0) is 15.3. The van der Waals surface area contributed by atoms with E-state index in [2.05, 4.69) is 36.2 Å². The highest BCUT2D eigenvalue weighted by molar-refractivity contribution is 5.78. The summed E-state index contributed by atoms with van der Waals surface area (Å²) < 4.78 is 4.93. The molecule has 0 aliphatic carbocycles. The summed E-state index contributed by atoms with van der Waals surface area (Å²) in [5, 5.41) is 3.29. The summed E-state index contributed by atoms with van der Waals surface area (Å²) in [6.07, 6.45) is 0. The lowest BCUT2D eigenvalue weighted by Crippen LogP contribution is -2.35. The van der Waals surface area contributed by atoms with Gasteiger partial charge in [0, 0.05) is 13.1 Å². The number of likely N-dealkylation sites (N-methyl/N-ethyl adjacent to an activating group) is 1. The van der Waals surface area contributed by atoms with Crippen LogP contribution in [0.1, 0.15) is 28.3 Å². The Morgan fingerprint density at radius 1 is 1.20 bits per heavy atom. The van der Waals surface area contributed by atoms with Gasteiger partial charge in [0.05, 0.1) is 7.11 Å². The third-order valence-electron chi connectivity index (χ3n) is 3.54. The molecule has 0 spiro atoms. The van der Waals surface area contributed by atoms with Gasteiger partial charge in [-0.2, -0.15) is 0 Å². The molecule has 0 aliphatic heterocycles. The number of hydrogen-bond acceptors (Lipinski definition) is 4. The molecular formula is C16H26N2O2. The molecule has 0 saturated heterocycles. The number of nitrogens with zero attached hydrogens (tertiary/aromatic N) is 1. The largest absolute Gasteiger partial charge is 0.468 e. The highest BCUT2D eigenvalue weighted by Gasteiger charge is 2.22. The van der Waals surface area contributed by atoms with Crippen LogP contribution in [0.5, 0.6) is 0 Å². The first-order valence-corrected chi connectivity index (χ1v) is 6.90. The monoisotopic (exact) mass is 278 g/mol. The highest BCUT2D eigenvalue weighted by Crippen LogP contribution is 2.22. The number of carbonyl (C=O) groups is 1. The number of nitrogens with one attached hydrogen (secondary N) is 1. The third-order valence-corrected chi connectivity index (χ3v) is 3.54. The Hall–Kier alpha value is -1.39. The molecule has 0 aromatic heterocycles. The molecule has 1 rings (SSSR count). The molecule has 0 radical (unpaired) electrons. The van der Waals surface area contributed by atoms with E-state index in [1.807, 2.05) is 21.0 Å². The average Bonchev–Trinajstić information content (AvgIpc) is 2.38. The second kappa shape index (κ2) is 7.41. The van der Waals surface area contributed by atoms with Crippen molar-refractivity contribution in [3.05, 3.63) is 34.4 Å². The van der Waals surface area contributed by atoms with Crippen molar-refractivity contribution >= 4 is 5.97 Å². The van der Waals surface area contributed by atoms with Gasteiger partial charge in [0.2, 0.25) is 0 Å². The second-order valence-electron chi connectivity index (χ2n) is 5.51. The molecule has 1 aromatic rings. The van der Waals surface area contributed by atoms with Crippen LogP contribution in [0, 0.1) is 20.8 Å². The van der Waals surface area contributed by atoms with Crippen LogP contribution in [0.15, 0.2) is 12.1 Å². The number of ether oxygens (including phenoxy) is 1. The Morgan fingerprint density at radius 3 is 2.35 bits per heavy atom. The van der Waals surface area contributed by atoms with Crippen molar-refractivity contribution in [3.63, 3.8) is 0 Å². The van der Waals surface area contributed by atoms with Crippen LogP contribution in [0.2, 0.25) is 0 Å². The van der Waals surface area contributed by atoms with Gasteiger partial charge in [0.25, 0.3) is 0 Å². The molecule has 0 aliphatic rings. The van der Waals surface area contributed by atoms with Crippen LogP contribution < -0.4 is 5.32 Å². The third kappa shape index (κ3) is 4.32. The van der Waals surface area contributed by atoms with E-state index in [9.17, 15) is 4.79 Å². The Morgan fingerprint density at radius 2 is 1.80 bits per heavy atom. The molecule has 0 bridgehead atoms. The van der Waals surface area contributed by atoms with Crippen LogP contribution >= 0.6 is 0 Å². The zero-order valence-corrected chi connectivity index (χ0v) is 13.4.